The Hall–Kier alpha value is -1.72. The van der Waals surface area contributed by atoms with Crippen LogP contribution in [0.5, 0.6) is 0 Å². The molecule has 0 radical (unpaired) electrons. The summed E-state index contributed by atoms with van der Waals surface area (Å²) in [5.74, 6) is 0.281. The summed E-state index contributed by atoms with van der Waals surface area (Å²) in [5.41, 5.74) is 1.44. The van der Waals surface area contributed by atoms with Gasteiger partial charge in [0.05, 0.1) is 5.56 Å². The van der Waals surface area contributed by atoms with E-state index < -0.39 is 0 Å². The molecule has 0 N–H and O–H groups in total. The van der Waals surface area contributed by atoms with Gasteiger partial charge >= 0.3 is 0 Å². The molecule has 28 heavy (non-hydrogen) atoms. The smallest absolute Gasteiger partial charge is 0.254 e. The molecular formula is C23H29FN2OS. The van der Waals surface area contributed by atoms with Gasteiger partial charge in [-0.3, -0.25) is 4.79 Å². The maximum atomic E-state index is 14.4. The van der Waals surface area contributed by atoms with Gasteiger partial charge in [0, 0.05) is 24.5 Å². The standard InChI is InChI=1S/C23H29FN2OS/c1-25(23(27)19-11-14-28-16-19)22(15-18-5-2-3-8-21(18)24)17-9-12-26(13-10-17)20-6-4-7-20/h2-3,5,8,11,14,16-17,20,22H,4,6-7,9-10,12-13,15H2,1H3/t22-/m0/s1. The number of amides is 1. The largest absolute Gasteiger partial charge is 0.338 e. The van der Waals surface area contributed by atoms with Crippen molar-refractivity contribution in [1.82, 2.24) is 9.80 Å². The Morgan fingerprint density at radius 1 is 1.21 bits per heavy atom. The molecule has 2 aromatic rings. The van der Waals surface area contributed by atoms with Gasteiger partial charge in [-0.15, -0.1) is 0 Å². The quantitative estimate of drug-likeness (QED) is 0.693. The van der Waals surface area contributed by atoms with Crippen LogP contribution in [0.1, 0.15) is 48.0 Å². The first kappa shape index (κ1) is 19.6. The summed E-state index contributed by atoms with van der Waals surface area (Å²) in [6.45, 7) is 2.20. The highest BCUT2D eigenvalue weighted by atomic mass is 32.1. The second kappa shape index (κ2) is 8.75. The van der Waals surface area contributed by atoms with Gasteiger partial charge in [-0.1, -0.05) is 24.6 Å². The molecule has 1 aliphatic heterocycles. The second-order valence-corrected chi connectivity index (χ2v) is 9.03. The lowest BCUT2D eigenvalue weighted by atomic mass is 9.82. The minimum absolute atomic E-state index is 0.0211. The number of thiophene rings is 1. The molecule has 1 aromatic carbocycles. The lowest BCUT2D eigenvalue weighted by Gasteiger charge is -2.45. The van der Waals surface area contributed by atoms with Crippen LogP contribution in [-0.4, -0.2) is 47.9 Å². The van der Waals surface area contributed by atoms with Crippen molar-refractivity contribution in [1.29, 1.82) is 0 Å². The van der Waals surface area contributed by atoms with Gasteiger partial charge in [-0.2, -0.15) is 11.3 Å². The minimum Gasteiger partial charge on any atom is -0.338 e. The number of likely N-dealkylation sites (N-methyl/N-ethyl adjacent to an activating group) is 1. The zero-order chi connectivity index (χ0) is 19.5. The van der Waals surface area contributed by atoms with E-state index in [2.05, 4.69) is 4.90 Å². The minimum atomic E-state index is -0.171. The highest BCUT2D eigenvalue weighted by molar-refractivity contribution is 7.08. The lowest BCUT2D eigenvalue weighted by molar-refractivity contribution is 0.0443. The van der Waals surface area contributed by atoms with Crippen LogP contribution in [0.4, 0.5) is 4.39 Å². The summed E-state index contributed by atoms with van der Waals surface area (Å²) in [6.07, 6.45) is 6.76. The van der Waals surface area contributed by atoms with E-state index in [9.17, 15) is 9.18 Å². The first-order chi connectivity index (χ1) is 13.6. The normalized spacial score (nSPS) is 19.9. The van der Waals surface area contributed by atoms with Gasteiger partial charge in [0.15, 0.2) is 0 Å². The molecule has 150 valence electrons. The third-order valence-electron chi connectivity index (χ3n) is 6.68. The summed E-state index contributed by atoms with van der Waals surface area (Å²) >= 11 is 1.54. The van der Waals surface area contributed by atoms with E-state index in [1.54, 1.807) is 6.07 Å². The highest BCUT2D eigenvalue weighted by Gasteiger charge is 2.35. The van der Waals surface area contributed by atoms with E-state index >= 15 is 0 Å². The van der Waals surface area contributed by atoms with Crippen LogP contribution in [-0.2, 0) is 6.42 Å². The van der Waals surface area contributed by atoms with E-state index in [0.717, 1.165) is 37.5 Å². The molecule has 0 unspecified atom stereocenters. The molecule has 1 saturated heterocycles. The third kappa shape index (κ3) is 4.15. The number of nitrogens with zero attached hydrogens (tertiary/aromatic N) is 2. The van der Waals surface area contributed by atoms with Gasteiger partial charge in [-0.25, -0.2) is 4.39 Å². The third-order valence-corrected chi connectivity index (χ3v) is 7.37. The van der Waals surface area contributed by atoms with Gasteiger partial charge in [0.1, 0.15) is 5.82 Å². The highest BCUT2D eigenvalue weighted by Crippen LogP contribution is 2.32. The maximum Gasteiger partial charge on any atom is 0.254 e. The van der Waals surface area contributed by atoms with E-state index in [1.807, 2.05) is 40.9 Å². The Balaban J connectivity index is 1.51. The molecule has 1 aromatic heterocycles. The van der Waals surface area contributed by atoms with Crippen molar-refractivity contribution < 1.29 is 9.18 Å². The van der Waals surface area contributed by atoms with Crippen molar-refractivity contribution in [3.05, 3.63) is 58.0 Å². The molecule has 5 heteroatoms. The summed E-state index contributed by atoms with van der Waals surface area (Å²) in [6, 6.07) is 9.66. The van der Waals surface area contributed by atoms with Crippen LogP contribution >= 0.6 is 11.3 Å². The van der Waals surface area contributed by atoms with Crippen molar-refractivity contribution in [3.8, 4) is 0 Å². The Morgan fingerprint density at radius 3 is 2.57 bits per heavy atom. The van der Waals surface area contributed by atoms with Gasteiger partial charge in [-0.05, 0) is 74.2 Å². The van der Waals surface area contributed by atoms with Gasteiger partial charge in [0.2, 0.25) is 0 Å². The van der Waals surface area contributed by atoms with Crippen LogP contribution in [0, 0.1) is 11.7 Å². The van der Waals surface area contributed by atoms with Crippen molar-refractivity contribution in [2.45, 2.75) is 50.6 Å². The van der Waals surface area contributed by atoms with E-state index in [0.29, 0.717) is 17.9 Å². The number of carbonyl (C=O) groups is 1. The van der Waals surface area contributed by atoms with Crippen molar-refractivity contribution >= 4 is 17.2 Å². The molecule has 2 heterocycles. The van der Waals surface area contributed by atoms with Crippen LogP contribution in [0.3, 0.4) is 0 Å². The van der Waals surface area contributed by atoms with Crippen LogP contribution in [0.2, 0.25) is 0 Å². The predicted octanol–water partition coefficient (Wildman–Crippen LogP) is 4.84. The average Bonchev–Trinajstić information content (AvgIpc) is 3.20. The molecule has 3 nitrogen and oxygen atoms in total. The SMILES string of the molecule is CN(C(=O)c1ccsc1)[C@@H](Cc1ccccc1F)C1CCN(C2CCC2)CC1. The molecule has 4 rings (SSSR count). The number of halogens is 1. The molecule has 1 amide bonds. The van der Waals surface area contributed by atoms with E-state index in [4.69, 9.17) is 0 Å². The van der Waals surface area contributed by atoms with Crippen LogP contribution in [0.25, 0.3) is 0 Å². The Labute approximate surface area is 171 Å². The second-order valence-electron chi connectivity index (χ2n) is 8.25. The van der Waals surface area contributed by atoms with E-state index in [1.165, 1.54) is 36.7 Å². The fourth-order valence-electron chi connectivity index (χ4n) is 4.67. The van der Waals surface area contributed by atoms with Crippen molar-refractivity contribution in [2.24, 2.45) is 5.92 Å². The number of hydrogen-bond acceptors (Lipinski definition) is 3. The van der Waals surface area contributed by atoms with E-state index in [-0.39, 0.29) is 17.8 Å². The molecule has 0 bridgehead atoms. The lowest BCUT2D eigenvalue weighted by Crippen LogP contribution is -2.50. The van der Waals surface area contributed by atoms with Crippen LogP contribution in [0.15, 0.2) is 41.1 Å². The maximum absolute atomic E-state index is 14.4. The molecule has 1 atom stereocenters. The molecular weight excluding hydrogens is 371 g/mol. The Kier molecular flexibility index (Phi) is 6.12. The fraction of sp³-hybridized carbons (Fsp3) is 0.522. The average molecular weight is 401 g/mol. The molecule has 1 aliphatic carbocycles. The summed E-state index contributed by atoms with van der Waals surface area (Å²) < 4.78 is 14.4. The summed E-state index contributed by atoms with van der Waals surface area (Å²) in [7, 11) is 1.89. The topological polar surface area (TPSA) is 23.6 Å². The number of piperidine rings is 1. The van der Waals surface area contributed by atoms with Gasteiger partial charge in [0.25, 0.3) is 5.91 Å². The molecule has 1 saturated carbocycles. The fourth-order valence-corrected chi connectivity index (χ4v) is 5.30. The number of rotatable bonds is 6. The molecule has 0 spiro atoms. The number of hydrogen-bond donors (Lipinski definition) is 0. The molecule has 2 fully saturated rings. The summed E-state index contributed by atoms with van der Waals surface area (Å²) in [5, 5.41) is 3.84. The predicted molar refractivity (Wildman–Crippen MR) is 112 cm³/mol. The first-order valence-electron chi connectivity index (χ1n) is 10.4. The Morgan fingerprint density at radius 2 is 1.96 bits per heavy atom. The van der Waals surface area contributed by atoms with Crippen LogP contribution < -0.4 is 0 Å². The zero-order valence-corrected chi connectivity index (χ0v) is 17.3. The Bertz CT molecular complexity index is 782. The zero-order valence-electron chi connectivity index (χ0n) is 16.5. The summed E-state index contributed by atoms with van der Waals surface area (Å²) in [4.78, 5) is 17.5. The monoisotopic (exact) mass is 400 g/mol. The first-order valence-corrected chi connectivity index (χ1v) is 11.3. The number of likely N-dealkylation sites (tertiary alicyclic amines) is 1. The number of carbonyl (C=O) groups excluding carboxylic acids is 1. The molecule has 2 aliphatic rings. The van der Waals surface area contributed by atoms with Crippen molar-refractivity contribution in [3.63, 3.8) is 0 Å². The van der Waals surface area contributed by atoms with Crippen molar-refractivity contribution in [2.75, 3.05) is 20.1 Å². The van der Waals surface area contributed by atoms with Gasteiger partial charge < -0.3 is 9.80 Å². The number of benzene rings is 1.